The number of halogens is 1. The number of nitrogens with one attached hydrogen (secondary N) is 1. The van der Waals surface area contributed by atoms with Crippen molar-refractivity contribution in [2.75, 3.05) is 6.61 Å². The van der Waals surface area contributed by atoms with Gasteiger partial charge in [-0.1, -0.05) is 48.0 Å². The minimum Gasteiger partial charge on any atom is -0.482 e. The third-order valence-electron chi connectivity index (χ3n) is 2.87. The zero-order valence-corrected chi connectivity index (χ0v) is 12.1. The molecule has 0 saturated carbocycles. The van der Waals surface area contributed by atoms with E-state index in [4.69, 9.17) is 21.4 Å². The van der Waals surface area contributed by atoms with Gasteiger partial charge in [0.2, 0.25) is 0 Å². The van der Waals surface area contributed by atoms with Gasteiger partial charge >= 0.3 is 0 Å². The summed E-state index contributed by atoms with van der Waals surface area (Å²) in [6, 6.07) is 14.6. The topological polar surface area (TPSA) is 58.6 Å². The smallest absolute Gasteiger partial charge is 0.258 e. The molecule has 110 valence electrons. The van der Waals surface area contributed by atoms with Crippen molar-refractivity contribution in [3.05, 3.63) is 64.7 Å². The van der Waals surface area contributed by atoms with Crippen LogP contribution in [0.1, 0.15) is 11.1 Å². The van der Waals surface area contributed by atoms with E-state index in [1.54, 1.807) is 18.2 Å². The van der Waals surface area contributed by atoms with Crippen molar-refractivity contribution < 1.29 is 14.6 Å². The minimum atomic E-state index is -0.221. The number of benzene rings is 2. The molecule has 2 N–H and O–H groups in total. The SMILES string of the molecule is O=C(COc1ccc(CO)cc1Cl)NCc1ccccc1. The van der Waals surface area contributed by atoms with E-state index >= 15 is 0 Å². The Morgan fingerprint density at radius 3 is 2.57 bits per heavy atom. The molecule has 1 amide bonds. The standard InChI is InChI=1S/C16H16ClNO3/c17-14-8-13(10-19)6-7-15(14)21-11-16(20)18-9-12-4-2-1-3-5-12/h1-8,19H,9-11H2,(H,18,20). The molecule has 0 atom stereocenters. The van der Waals surface area contributed by atoms with Crippen molar-refractivity contribution in [2.24, 2.45) is 0 Å². The molecule has 4 nitrogen and oxygen atoms in total. The van der Waals surface area contributed by atoms with E-state index in [1.807, 2.05) is 30.3 Å². The van der Waals surface area contributed by atoms with E-state index < -0.39 is 0 Å². The van der Waals surface area contributed by atoms with Crippen LogP contribution in [0.4, 0.5) is 0 Å². The Morgan fingerprint density at radius 2 is 1.90 bits per heavy atom. The molecule has 0 spiro atoms. The fourth-order valence-electron chi connectivity index (χ4n) is 1.75. The van der Waals surface area contributed by atoms with E-state index in [2.05, 4.69) is 5.32 Å². The summed E-state index contributed by atoms with van der Waals surface area (Å²) >= 11 is 6.00. The summed E-state index contributed by atoms with van der Waals surface area (Å²) in [5.41, 5.74) is 1.72. The van der Waals surface area contributed by atoms with Gasteiger partial charge in [0.1, 0.15) is 5.75 Å². The van der Waals surface area contributed by atoms with Crippen LogP contribution in [0.5, 0.6) is 5.75 Å². The molecule has 2 aromatic rings. The van der Waals surface area contributed by atoms with Crippen LogP contribution in [0.15, 0.2) is 48.5 Å². The van der Waals surface area contributed by atoms with E-state index in [0.717, 1.165) is 5.56 Å². The Hall–Kier alpha value is -2.04. The first kappa shape index (κ1) is 15.4. The van der Waals surface area contributed by atoms with Gasteiger partial charge in [-0.3, -0.25) is 4.79 Å². The average molecular weight is 306 g/mol. The number of aliphatic hydroxyl groups excluding tert-OH is 1. The van der Waals surface area contributed by atoms with E-state index in [9.17, 15) is 4.79 Å². The summed E-state index contributed by atoms with van der Waals surface area (Å²) in [5.74, 6) is 0.199. The second-order valence-electron chi connectivity index (χ2n) is 4.47. The van der Waals surface area contributed by atoms with Crippen LogP contribution in [0, 0.1) is 0 Å². The van der Waals surface area contributed by atoms with Gasteiger partial charge in [0.25, 0.3) is 5.91 Å². The number of carbonyl (C=O) groups excluding carboxylic acids is 1. The number of hydrogen-bond acceptors (Lipinski definition) is 3. The van der Waals surface area contributed by atoms with Crippen LogP contribution in [-0.4, -0.2) is 17.6 Å². The minimum absolute atomic E-state index is 0.0858. The summed E-state index contributed by atoms with van der Waals surface area (Å²) < 4.78 is 5.36. The van der Waals surface area contributed by atoms with Crippen LogP contribution in [0.25, 0.3) is 0 Å². The molecular formula is C16H16ClNO3. The molecule has 2 rings (SSSR count). The van der Waals surface area contributed by atoms with Gasteiger partial charge in [0.05, 0.1) is 11.6 Å². The number of ether oxygens (including phenoxy) is 1. The Balaban J connectivity index is 1.81. The molecule has 0 aromatic heterocycles. The molecule has 0 aliphatic carbocycles. The Morgan fingerprint density at radius 1 is 1.14 bits per heavy atom. The lowest BCUT2D eigenvalue weighted by atomic mass is 10.2. The zero-order chi connectivity index (χ0) is 15.1. The fraction of sp³-hybridized carbons (Fsp3) is 0.188. The lowest BCUT2D eigenvalue weighted by Crippen LogP contribution is -2.28. The van der Waals surface area contributed by atoms with Crippen molar-refractivity contribution >= 4 is 17.5 Å². The van der Waals surface area contributed by atoms with E-state index in [0.29, 0.717) is 22.9 Å². The first-order chi connectivity index (χ1) is 10.2. The average Bonchev–Trinajstić information content (AvgIpc) is 2.52. The highest BCUT2D eigenvalue weighted by Gasteiger charge is 2.06. The maximum Gasteiger partial charge on any atom is 0.258 e. The van der Waals surface area contributed by atoms with Crippen molar-refractivity contribution in [1.82, 2.24) is 5.32 Å². The molecule has 0 aliphatic rings. The van der Waals surface area contributed by atoms with E-state index in [1.165, 1.54) is 0 Å². The maximum absolute atomic E-state index is 11.7. The third-order valence-corrected chi connectivity index (χ3v) is 3.17. The number of amides is 1. The molecule has 2 aromatic carbocycles. The first-order valence-electron chi connectivity index (χ1n) is 6.52. The molecule has 0 unspecified atom stereocenters. The molecule has 0 heterocycles. The predicted molar refractivity (Wildman–Crippen MR) is 81.2 cm³/mol. The summed E-state index contributed by atoms with van der Waals surface area (Å²) in [6.07, 6.45) is 0. The third kappa shape index (κ3) is 4.77. The lowest BCUT2D eigenvalue weighted by molar-refractivity contribution is -0.123. The Kier molecular flexibility index (Phi) is 5.60. The van der Waals surface area contributed by atoms with Crippen molar-refractivity contribution in [1.29, 1.82) is 0 Å². The van der Waals surface area contributed by atoms with Gasteiger partial charge in [0.15, 0.2) is 6.61 Å². The van der Waals surface area contributed by atoms with Crippen LogP contribution < -0.4 is 10.1 Å². The predicted octanol–water partition coefficient (Wildman–Crippen LogP) is 2.53. The van der Waals surface area contributed by atoms with Crippen LogP contribution >= 0.6 is 11.6 Å². The normalized spacial score (nSPS) is 10.2. The van der Waals surface area contributed by atoms with E-state index in [-0.39, 0.29) is 19.1 Å². The van der Waals surface area contributed by atoms with Crippen molar-refractivity contribution in [2.45, 2.75) is 13.2 Å². The largest absolute Gasteiger partial charge is 0.482 e. The summed E-state index contributed by atoms with van der Waals surface area (Å²) in [6.45, 7) is 0.267. The highest BCUT2D eigenvalue weighted by atomic mass is 35.5. The lowest BCUT2D eigenvalue weighted by Gasteiger charge is -2.09. The summed E-state index contributed by atoms with van der Waals surface area (Å²) in [4.78, 5) is 11.7. The molecule has 0 aliphatic heterocycles. The number of carbonyl (C=O) groups is 1. The van der Waals surface area contributed by atoms with Gasteiger partial charge in [-0.15, -0.1) is 0 Å². The van der Waals surface area contributed by atoms with Crippen molar-refractivity contribution in [3.8, 4) is 5.75 Å². The molecular weight excluding hydrogens is 290 g/mol. The van der Waals surface area contributed by atoms with Gasteiger partial charge in [-0.2, -0.15) is 0 Å². The number of hydrogen-bond donors (Lipinski definition) is 2. The first-order valence-corrected chi connectivity index (χ1v) is 6.89. The number of rotatable bonds is 6. The zero-order valence-electron chi connectivity index (χ0n) is 11.4. The second kappa shape index (κ2) is 7.67. The Bertz CT molecular complexity index is 602. The van der Waals surface area contributed by atoms with Gasteiger partial charge in [-0.05, 0) is 23.3 Å². The van der Waals surface area contributed by atoms with Crippen LogP contribution in [-0.2, 0) is 17.9 Å². The van der Waals surface area contributed by atoms with Crippen LogP contribution in [0.3, 0.4) is 0 Å². The monoisotopic (exact) mass is 305 g/mol. The highest BCUT2D eigenvalue weighted by molar-refractivity contribution is 6.32. The summed E-state index contributed by atoms with van der Waals surface area (Å²) in [5, 5.41) is 12.1. The second-order valence-corrected chi connectivity index (χ2v) is 4.88. The van der Waals surface area contributed by atoms with Crippen molar-refractivity contribution in [3.63, 3.8) is 0 Å². The summed E-state index contributed by atoms with van der Waals surface area (Å²) in [7, 11) is 0. The fourth-order valence-corrected chi connectivity index (χ4v) is 2.01. The molecule has 0 radical (unpaired) electrons. The maximum atomic E-state index is 11.7. The van der Waals surface area contributed by atoms with Gasteiger partial charge in [-0.25, -0.2) is 0 Å². The van der Waals surface area contributed by atoms with Crippen LogP contribution in [0.2, 0.25) is 5.02 Å². The molecule has 21 heavy (non-hydrogen) atoms. The van der Waals surface area contributed by atoms with Gasteiger partial charge in [0, 0.05) is 6.54 Å². The quantitative estimate of drug-likeness (QED) is 0.862. The molecule has 0 fully saturated rings. The highest BCUT2D eigenvalue weighted by Crippen LogP contribution is 2.25. The van der Waals surface area contributed by atoms with Gasteiger partial charge < -0.3 is 15.2 Å². The Labute approximate surface area is 128 Å². The molecule has 0 saturated heterocycles. The molecule has 5 heteroatoms. The number of aliphatic hydroxyl groups is 1. The molecule has 0 bridgehead atoms.